The molecular weight excluding hydrogens is 210 g/mol. The first-order valence-electron chi connectivity index (χ1n) is 5.18. The van der Waals surface area contributed by atoms with E-state index < -0.39 is 5.97 Å². The van der Waals surface area contributed by atoms with Gasteiger partial charge < -0.3 is 14.7 Å². The molecular formula is C11H15NO4. The van der Waals surface area contributed by atoms with Crippen LogP contribution in [0.2, 0.25) is 0 Å². The second kappa shape index (κ2) is 6.13. The number of likely N-dealkylation sites (tertiary alicyclic amines) is 1. The molecule has 1 heterocycles. The first kappa shape index (κ1) is 12.5. The molecule has 88 valence electrons. The monoisotopic (exact) mass is 225 g/mol. The van der Waals surface area contributed by atoms with Crippen molar-refractivity contribution < 1.29 is 19.4 Å². The van der Waals surface area contributed by atoms with Crippen LogP contribution in [0.4, 0.5) is 0 Å². The lowest BCUT2D eigenvalue weighted by molar-refractivity contribution is -0.146. The Morgan fingerprint density at radius 2 is 2.06 bits per heavy atom. The lowest BCUT2D eigenvalue weighted by atomic mass is 10.1. The molecule has 0 aliphatic carbocycles. The summed E-state index contributed by atoms with van der Waals surface area (Å²) < 4.78 is 5.15. The van der Waals surface area contributed by atoms with Crippen LogP contribution in [0.3, 0.4) is 0 Å². The molecule has 0 aromatic rings. The number of carbonyl (C=O) groups is 2. The zero-order chi connectivity index (χ0) is 12.0. The summed E-state index contributed by atoms with van der Waals surface area (Å²) in [7, 11) is 0. The van der Waals surface area contributed by atoms with E-state index in [4.69, 9.17) is 16.3 Å². The summed E-state index contributed by atoms with van der Waals surface area (Å²) in [5.41, 5.74) is 0. The number of hydrogen-bond acceptors (Lipinski definition) is 3. The molecule has 5 nitrogen and oxygen atoms in total. The van der Waals surface area contributed by atoms with Crippen LogP contribution < -0.4 is 0 Å². The average molecular weight is 225 g/mol. The fraction of sp³-hybridized carbons (Fsp3) is 0.636. The van der Waals surface area contributed by atoms with Gasteiger partial charge >= 0.3 is 5.97 Å². The summed E-state index contributed by atoms with van der Waals surface area (Å²) >= 11 is 0. The largest absolute Gasteiger partial charge is 0.480 e. The van der Waals surface area contributed by atoms with Crippen LogP contribution in [0.15, 0.2) is 0 Å². The molecule has 0 bridgehead atoms. The second-order valence-corrected chi connectivity index (χ2v) is 3.67. The van der Waals surface area contributed by atoms with Crippen LogP contribution in [-0.4, -0.2) is 47.7 Å². The minimum Gasteiger partial charge on any atom is -0.480 e. The second-order valence-electron chi connectivity index (χ2n) is 3.67. The highest BCUT2D eigenvalue weighted by Crippen LogP contribution is 2.14. The van der Waals surface area contributed by atoms with Crippen molar-refractivity contribution in [1.82, 2.24) is 4.90 Å². The molecule has 0 aromatic carbocycles. The minimum atomic E-state index is -0.967. The molecule has 1 N–H and O–H groups in total. The predicted octanol–water partition coefficient (Wildman–Crippen LogP) is 0.102. The summed E-state index contributed by atoms with van der Waals surface area (Å²) in [6.45, 7) is 0.901. The Hall–Kier alpha value is -1.54. The van der Waals surface area contributed by atoms with Crippen LogP contribution in [0.5, 0.6) is 0 Å². The SMILES string of the molecule is C#CCC(=O)N1CCC(OCC(=O)O)CC1. The van der Waals surface area contributed by atoms with Gasteiger partial charge in [0.25, 0.3) is 0 Å². The number of carboxylic acid groups (broad SMARTS) is 1. The van der Waals surface area contributed by atoms with E-state index in [1.54, 1.807) is 4.90 Å². The van der Waals surface area contributed by atoms with E-state index in [0.717, 1.165) is 0 Å². The van der Waals surface area contributed by atoms with Gasteiger partial charge in [0.05, 0.1) is 12.5 Å². The van der Waals surface area contributed by atoms with Gasteiger partial charge in [0.2, 0.25) is 5.91 Å². The van der Waals surface area contributed by atoms with E-state index in [9.17, 15) is 9.59 Å². The van der Waals surface area contributed by atoms with Gasteiger partial charge in [-0.2, -0.15) is 0 Å². The molecule has 1 amide bonds. The molecule has 0 atom stereocenters. The summed E-state index contributed by atoms with van der Waals surface area (Å²) in [6, 6.07) is 0. The van der Waals surface area contributed by atoms with E-state index in [1.165, 1.54) is 0 Å². The molecule has 1 aliphatic heterocycles. The number of hydrogen-bond donors (Lipinski definition) is 1. The Morgan fingerprint density at radius 3 is 2.56 bits per heavy atom. The van der Waals surface area contributed by atoms with Gasteiger partial charge in [-0.15, -0.1) is 6.42 Å². The average Bonchev–Trinajstić information content (AvgIpc) is 2.27. The number of carbonyl (C=O) groups excluding carboxylic acids is 1. The van der Waals surface area contributed by atoms with Gasteiger partial charge in [-0.3, -0.25) is 4.79 Å². The van der Waals surface area contributed by atoms with Gasteiger partial charge in [-0.05, 0) is 12.8 Å². The Kier molecular flexibility index (Phi) is 4.80. The van der Waals surface area contributed by atoms with Crippen molar-refractivity contribution >= 4 is 11.9 Å². The third-order valence-corrected chi connectivity index (χ3v) is 2.49. The van der Waals surface area contributed by atoms with Gasteiger partial charge in [-0.25, -0.2) is 4.79 Å². The first-order chi connectivity index (χ1) is 7.63. The van der Waals surface area contributed by atoms with Gasteiger partial charge in [-0.1, -0.05) is 5.92 Å². The van der Waals surface area contributed by atoms with E-state index in [1.807, 2.05) is 0 Å². The molecule has 1 fully saturated rings. The number of terminal acetylenes is 1. The molecule has 0 spiro atoms. The Balaban J connectivity index is 2.26. The maximum absolute atomic E-state index is 11.4. The molecule has 0 radical (unpaired) electrons. The zero-order valence-corrected chi connectivity index (χ0v) is 9.02. The highest BCUT2D eigenvalue weighted by Gasteiger charge is 2.22. The molecule has 0 saturated carbocycles. The van der Waals surface area contributed by atoms with Crippen molar-refractivity contribution in [2.24, 2.45) is 0 Å². The topological polar surface area (TPSA) is 66.8 Å². The number of aliphatic carboxylic acids is 1. The van der Waals surface area contributed by atoms with Crippen LogP contribution in [0.25, 0.3) is 0 Å². The third kappa shape index (κ3) is 3.91. The normalized spacial score (nSPS) is 16.8. The number of ether oxygens (including phenoxy) is 1. The highest BCUT2D eigenvalue weighted by molar-refractivity contribution is 5.78. The maximum atomic E-state index is 11.4. The zero-order valence-electron chi connectivity index (χ0n) is 9.02. The Bertz CT molecular complexity index is 300. The van der Waals surface area contributed by atoms with Gasteiger partial charge in [0, 0.05) is 13.1 Å². The van der Waals surface area contributed by atoms with E-state index >= 15 is 0 Å². The molecule has 16 heavy (non-hydrogen) atoms. The summed E-state index contributed by atoms with van der Waals surface area (Å²) in [4.78, 5) is 23.4. The molecule has 0 aromatic heterocycles. The number of rotatable bonds is 4. The Labute approximate surface area is 94.4 Å². The summed E-state index contributed by atoms with van der Waals surface area (Å²) in [5.74, 6) is 1.31. The summed E-state index contributed by atoms with van der Waals surface area (Å²) in [6.07, 6.45) is 6.46. The third-order valence-electron chi connectivity index (χ3n) is 2.49. The fourth-order valence-electron chi connectivity index (χ4n) is 1.66. The van der Waals surface area contributed by atoms with Crippen molar-refractivity contribution in [3.05, 3.63) is 0 Å². The molecule has 5 heteroatoms. The summed E-state index contributed by atoms with van der Waals surface area (Å²) in [5, 5.41) is 8.44. The van der Waals surface area contributed by atoms with Crippen LogP contribution in [-0.2, 0) is 14.3 Å². The van der Waals surface area contributed by atoms with Gasteiger partial charge in [0.1, 0.15) is 6.61 Å². The predicted molar refractivity (Wildman–Crippen MR) is 56.6 cm³/mol. The lowest BCUT2D eigenvalue weighted by Gasteiger charge is -2.31. The fourth-order valence-corrected chi connectivity index (χ4v) is 1.66. The van der Waals surface area contributed by atoms with E-state index in [0.29, 0.717) is 25.9 Å². The van der Waals surface area contributed by atoms with Crippen molar-refractivity contribution in [2.45, 2.75) is 25.4 Å². The maximum Gasteiger partial charge on any atom is 0.329 e. The smallest absolute Gasteiger partial charge is 0.329 e. The van der Waals surface area contributed by atoms with E-state index in [2.05, 4.69) is 5.92 Å². The van der Waals surface area contributed by atoms with Crippen molar-refractivity contribution in [1.29, 1.82) is 0 Å². The number of carboxylic acids is 1. The van der Waals surface area contributed by atoms with Gasteiger partial charge in [0.15, 0.2) is 0 Å². The number of nitrogens with zero attached hydrogens (tertiary/aromatic N) is 1. The first-order valence-corrected chi connectivity index (χ1v) is 5.18. The van der Waals surface area contributed by atoms with E-state index in [-0.39, 0.29) is 25.0 Å². The van der Waals surface area contributed by atoms with Crippen molar-refractivity contribution in [3.8, 4) is 12.3 Å². The van der Waals surface area contributed by atoms with Crippen LogP contribution >= 0.6 is 0 Å². The quantitative estimate of drug-likeness (QED) is 0.689. The van der Waals surface area contributed by atoms with Crippen LogP contribution in [0, 0.1) is 12.3 Å². The Morgan fingerprint density at radius 1 is 1.44 bits per heavy atom. The van der Waals surface area contributed by atoms with Crippen LogP contribution in [0.1, 0.15) is 19.3 Å². The number of piperidine rings is 1. The number of amides is 1. The minimum absolute atomic E-state index is 0.0424. The molecule has 1 rings (SSSR count). The van der Waals surface area contributed by atoms with Crippen molar-refractivity contribution in [2.75, 3.05) is 19.7 Å². The molecule has 1 aliphatic rings. The molecule has 0 unspecified atom stereocenters. The molecule has 1 saturated heterocycles. The highest BCUT2D eigenvalue weighted by atomic mass is 16.5. The lowest BCUT2D eigenvalue weighted by Crippen LogP contribution is -2.41. The van der Waals surface area contributed by atoms with Crippen molar-refractivity contribution in [3.63, 3.8) is 0 Å². The standard InChI is InChI=1S/C11H15NO4/c1-2-3-10(13)12-6-4-9(5-7-12)16-8-11(14)15/h1,9H,3-8H2,(H,14,15).